The third kappa shape index (κ3) is 3.62. The fourth-order valence-electron chi connectivity index (χ4n) is 2.01. The molecular weight excluding hydrogens is 198 g/mol. The van der Waals surface area contributed by atoms with Gasteiger partial charge in [-0.25, -0.2) is 0 Å². The van der Waals surface area contributed by atoms with Crippen LogP contribution in [0.4, 0.5) is 0 Å². The molecule has 0 spiro atoms. The van der Waals surface area contributed by atoms with Gasteiger partial charge in [0.1, 0.15) is 0 Å². The van der Waals surface area contributed by atoms with Gasteiger partial charge in [-0.15, -0.1) is 0 Å². The second-order valence-electron chi connectivity index (χ2n) is 4.60. The van der Waals surface area contributed by atoms with Crippen molar-refractivity contribution in [2.45, 2.75) is 46.2 Å². The summed E-state index contributed by atoms with van der Waals surface area (Å²) < 4.78 is 0. The van der Waals surface area contributed by atoms with E-state index in [0.29, 0.717) is 0 Å². The summed E-state index contributed by atoms with van der Waals surface area (Å²) in [6.07, 6.45) is 0.950. The molecule has 1 aromatic carbocycles. The normalized spacial score (nSPS) is 14.8. The highest BCUT2D eigenvalue weighted by Gasteiger charge is 2.11. The first-order chi connectivity index (χ1) is 7.56. The molecule has 0 aromatic heterocycles. The molecule has 1 rings (SSSR count). The van der Waals surface area contributed by atoms with Gasteiger partial charge in [-0.05, 0) is 32.8 Å². The molecule has 0 radical (unpaired) electrons. The van der Waals surface area contributed by atoms with Gasteiger partial charge in [-0.2, -0.15) is 0 Å². The van der Waals surface area contributed by atoms with Gasteiger partial charge in [0.25, 0.3) is 0 Å². The third-order valence-corrected chi connectivity index (χ3v) is 2.94. The Morgan fingerprint density at radius 1 is 1.19 bits per heavy atom. The molecule has 2 nitrogen and oxygen atoms in total. The van der Waals surface area contributed by atoms with Crippen molar-refractivity contribution in [3.05, 3.63) is 34.9 Å². The van der Waals surface area contributed by atoms with Gasteiger partial charge in [0.05, 0.1) is 6.61 Å². The first-order valence-electron chi connectivity index (χ1n) is 6.02. The summed E-state index contributed by atoms with van der Waals surface area (Å²) in [6.45, 7) is 8.67. The van der Waals surface area contributed by atoms with Crippen LogP contribution in [0, 0.1) is 13.8 Å². The second kappa shape index (κ2) is 6.02. The number of rotatable bonds is 5. The Morgan fingerprint density at radius 3 is 2.19 bits per heavy atom. The lowest BCUT2D eigenvalue weighted by atomic mass is 10.0. The van der Waals surface area contributed by atoms with Crippen molar-refractivity contribution in [2.75, 3.05) is 6.61 Å². The predicted octanol–water partition coefficient (Wildman–Crippen LogP) is 2.72. The van der Waals surface area contributed by atoms with Crippen LogP contribution in [0.2, 0.25) is 0 Å². The Morgan fingerprint density at radius 2 is 1.75 bits per heavy atom. The fraction of sp³-hybridized carbons (Fsp3) is 0.571. The minimum absolute atomic E-state index is 0.191. The minimum atomic E-state index is 0.191. The topological polar surface area (TPSA) is 32.3 Å². The average molecular weight is 221 g/mol. The zero-order valence-corrected chi connectivity index (χ0v) is 10.7. The molecule has 0 aliphatic rings. The van der Waals surface area contributed by atoms with Crippen molar-refractivity contribution in [1.82, 2.24) is 5.32 Å². The molecule has 2 heteroatoms. The van der Waals surface area contributed by atoms with E-state index >= 15 is 0 Å². The monoisotopic (exact) mass is 221 g/mol. The molecule has 16 heavy (non-hydrogen) atoms. The van der Waals surface area contributed by atoms with Gasteiger partial charge in [0.2, 0.25) is 0 Å². The quantitative estimate of drug-likeness (QED) is 0.801. The highest BCUT2D eigenvalue weighted by Crippen LogP contribution is 2.17. The van der Waals surface area contributed by atoms with Gasteiger partial charge in [-0.3, -0.25) is 0 Å². The van der Waals surface area contributed by atoms with E-state index in [0.717, 1.165) is 6.42 Å². The summed E-state index contributed by atoms with van der Waals surface area (Å²) in [7, 11) is 0. The third-order valence-electron chi connectivity index (χ3n) is 2.94. The first-order valence-corrected chi connectivity index (χ1v) is 6.02. The number of benzene rings is 1. The van der Waals surface area contributed by atoms with Crippen LogP contribution in [0.5, 0.6) is 0 Å². The van der Waals surface area contributed by atoms with Crippen LogP contribution in [0.3, 0.4) is 0 Å². The summed E-state index contributed by atoms with van der Waals surface area (Å²) >= 11 is 0. The molecule has 2 unspecified atom stereocenters. The van der Waals surface area contributed by atoms with Crippen molar-refractivity contribution in [2.24, 2.45) is 0 Å². The van der Waals surface area contributed by atoms with Crippen LogP contribution >= 0.6 is 0 Å². The van der Waals surface area contributed by atoms with Crippen molar-refractivity contribution in [3.8, 4) is 0 Å². The smallest absolute Gasteiger partial charge is 0.0584 e. The largest absolute Gasteiger partial charge is 0.395 e. The summed E-state index contributed by atoms with van der Waals surface area (Å²) in [4.78, 5) is 0. The van der Waals surface area contributed by atoms with Gasteiger partial charge in [0.15, 0.2) is 0 Å². The van der Waals surface area contributed by atoms with Crippen LogP contribution in [0.1, 0.15) is 43.0 Å². The summed E-state index contributed by atoms with van der Waals surface area (Å²) in [5.74, 6) is 0. The van der Waals surface area contributed by atoms with Gasteiger partial charge < -0.3 is 10.4 Å². The minimum Gasteiger partial charge on any atom is -0.395 e. The van der Waals surface area contributed by atoms with Crippen LogP contribution in [0.15, 0.2) is 18.2 Å². The summed E-state index contributed by atoms with van der Waals surface area (Å²) in [5, 5.41) is 12.6. The molecular formula is C14H23NO. The average Bonchev–Trinajstić information content (AvgIpc) is 2.24. The summed E-state index contributed by atoms with van der Waals surface area (Å²) in [6, 6.07) is 7.06. The van der Waals surface area contributed by atoms with Crippen LogP contribution in [0.25, 0.3) is 0 Å². The lowest BCUT2D eigenvalue weighted by Gasteiger charge is -2.21. The maximum Gasteiger partial charge on any atom is 0.0584 e. The molecule has 0 aliphatic carbocycles. The number of hydrogen-bond donors (Lipinski definition) is 2. The van der Waals surface area contributed by atoms with Crippen LogP contribution in [-0.2, 0) is 0 Å². The molecule has 1 aromatic rings. The van der Waals surface area contributed by atoms with E-state index in [1.165, 1.54) is 16.7 Å². The Kier molecular flexibility index (Phi) is 4.97. The number of aryl methyl sites for hydroxylation is 2. The molecule has 0 saturated carbocycles. The number of hydrogen-bond acceptors (Lipinski definition) is 2. The Balaban J connectivity index is 2.75. The van der Waals surface area contributed by atoms with E-state index in [4.69, 9.17) is 5.11 Å². The molecule has 0 aliphatic heterocycles. The maximum absolute atomic E-state index is 9.17. The zero-order chi connectivity index (χ0) is 12.1. The molecule has 0 saturated heterocycles. The summed E-state index contributed by atoms with van der Waals surface area (Å²) in [5.41, 5.74) is 3.88. The highest BCUT2D eigenvalue weighted by molar-refractivity contribution is 5.30. The van der Waals surface area contributed by atoms with E-state index in [1.54, 1.807) is 0 Å². The van der Waals surface area contributed by atoms with E-state index in [1.807, 2.05) is 0 Å². The Labute approximate surface area is 98.7 Å². The second-order valence-corrected chi connectivity index (χ2v) is 4.60. The Hall–Kier alpha value is -0.860. The van der Waals surface area contributed by atoms with Crippen molar-refractivity contribution in [3.63, 3.8) is 0 Å². The molecule has 0 heterocycles. The van der Waals surface area contributed by atoms with Gasteiger partial charge in [-0.1, -0.05) is 36.2 Å². The lowest BCUT2D eigenvalue weighted by molar-refractivity contribution is 0.230. The fourth-order valence-corrected chi connectivity index (χ4v) is 2.01. The highest BCUT2D eigenvalue weighted by atomic mass is 16.3. The Bertz CT molecular complexity index is 311. The van der Waals surface area contributed by atoms with E-state index in [-0.39, 0.29) is 18.7 Å². The standard InChI is InChI=1S/C14H23NO/c1-5-14(9-16)15-12(4)13-7-10(2)6-11(3)8-13/h6-8,12,14-16H,5,9H2,1-4H3. The first kappa shape index (κ1) is 13.2. The number of nitrogens with one attached hydrogen (secondary N) is 1. The lowest BCUT2D eigenvalue weighted by Crippen LogP contribution is -2.33. The SMILES string of the molecule is CCC(CO)NC(C)c1cc(C)cc(C)c1. The van der Waals surface area contributed by atoms with Gasteiger partial charge >= 0.3 is 0 Å². The predicted molar refractivity (Wildman–Crippen MR) is 68.6 cm³/mol. The zero-order valence-electron chi connectivity index (χ0n) is 10.7. The van der Waals surface area contributed by atoms with E-state index in [9.17, 15) is 0 Å². The number of aliphatic hydroxyl groups excluding tert-OH is 1. The van der Waals surface area contributed by atoms with Crippen LogP contribution in [-0.4, -0.2) is 17.8 Å². The molecule has 0 fully saturated rings. The molecule has 2 atom stereocenters. The maximum atomic E-state index is 9.17. The molecule has 0 amide bonds. The van der Waals surface area contributed by atoms with E-state index in [2.05, 4.69) is 51.2 Å². The van der Waals surface area contributed by atoms with Crippen LogP contribution < -0.4 is 5.32 Å². The molecule has 0 bridgehead atoms. The molecule has 90 valence electrons. The van der Waals surface area contributed by atoms with Crippen molar-refractivity contribution in [1.29, 1.82) is 0 Å². The van der Waals surface area contributed by atoms with Crippen molar-refractivity contribution < 1.29 is 5.11 Å². The van der Waals surface area contributed by atoms with Crippen molar-refractivity contribution >= 4 is 0 Å². The molecule has 2 N–H and O–H groups in total. The van der Waals surface area contributed by atoms with E-state index < -0.39 is 0 Å². The number of aliphatic hydroxyl groups is 1. The van der Waals surface area contributed by atoms with Gasteiger partial charge in [0, 0.05) is 12.1 Å².